The lowest BCUT2D eigenvalue weighted by molar-refractivity contribution is -0.119. The van der Waals surface area contributed by atoms with Crippen molar-refractivity contribution in [3.05, 3.63) is 75.0 Å². The molecule has 1 aromatic heterocycles. The fraction of sp³-hybridized carbons (Fsp3) is 0.150. The Morgan fingerprint density at radius 2 is 1.89 bits per heavy atom. The van der Waals surface area contributed by atoms with Crippen molar-refractivity contribution < 1.29 is 9.53 Å². The molecule has 1 amide bonds. The van der Waals surface area contributed by atoms with Crippen molar-refractivity contribution in [1.29, 1.82) is 0 Å². The van der Waals surface area contributed by atoms with E-state index in [4.69, 9.17) is 27.9 Å². The van der Waals surface area contributed by atoms with Crippen molar-refractivity contribution in [2.75, 3.05) is 12.4 Å². The number of hydrogen-bond acceptors (Lipinski definition) is 4. The van der Waals surface area contributed by atoms with Gasteiger partial charge >= 0.3 is 0 Å². The molecule has 6 nitrogen and oxygen atoms in total. The third-order valence-electron chi connectivity index (χ3n) is 4.12. The number of nitrogens with one attached hydrogen (secondary N) is 1. The summed E-state index contributed by atoms with van der Waals surface area (Å²) in [4.78, 5) is 24.9. The molecule has 0 aliphatic rings. The fourth-order valence-corrected chi connectivity index (χ4v) is 2.87. The molecular formula is C20H17Cl2N3O3. The van der Waals surface area contributed by atoms with Gasteiger partial charge in [0.05, 0.1) is 22.8 Å². The van der Waals surface area contributed by atoms with Crippen LogP contribution >= 0.6 is 23.2 Å². The molecule has 1 atom stereocenters. The van der Waals surface area contributed by atoms with E-state index in [1.54, 1.807) is 38.3 Å². The number of aromatic nitrogens is 2. The van der Waals surface area contributed by atoms with Crippen LogP contribution in [-0.4, -0.2) is 22.8 Å². The lowest BCUT2D eigenvalue weighted by atomic mass is 10.1. The fourth-order valence-electron chi connectivity index (χ4n) is 2.57. The number of amides is 1. The topological polar surface area (TPSA) is 73.2 Å². The molecule has 0 saturated heterocycles. The summed E-state index contributed by atoms with van der Waals surface area (Å²) in [7, 11) is 1.57. The van der Waals surface area contributed by atoms with Crippen molar-refractivity contribution in [3.8, 4) is 17.0 Å². The van der Waals surface area contributed by atoms with Crippen LogP contribution in [0.4, 0.5) is 5.69 Å². The number of carbonyl (C=O) groups is 1. The van der Waals surface area contributed by atoms with Gasteiger partial charge in [0.1, 0.15) is 11.8 Å². The van der Waals surface area contributed by atoms with Gasteiger partial charge in [0.15, 0.2) is 0 Å². The van der Waals surface area contributed by atoms with Gasteiger partial charge < -0.3 is 10.1 Å². The van der Waals surface area contributed by atoms with Gasteiger partial charge in [0.2, 0.25) is 5.91 Å². The number of anilines is 1. The normalized spacial score (nSPS) is 11.7. The number of methoxy groups -OCH3 is 1. The number of rotatable bonds is 5. The first kappa shape index (κ1) is 19.9. The van der Waals surface area contributed by atoms with Gasteiger partial charge in [-0.1, -0.05) is 35.3 Å². The second-order valence-electron chi connectivity index (χ2n) is 6.03. The number of nitrogens with zero attached hydrogens (tertiary/aromatic N) is 2. The summed E-state index contributed by atoms with van der Waals surface area (Å²) in [5.74, 6) is 0.262. The number of benzene rings is 2. The van der Waals surface area contributed by atoms with E-state index in [1.165, 1.54) is 12.1 Å². The Labute approximate surface area is 171 Å². The number of halogens is 2. The first-order valence-electron chi connectivity index (χ1n) is 8.39. The largest absolute Gasteiger partial charge is 0.497 e. The Hall–Kier alpha value is -2.83. The summed E-state index contributed by atoms with van der Waals surface area (Å²) in [6.45, 7) is 1.59. The number of ether oxygens (including phenoxy) is 1. The second kappa shape index (κ2) is 8.46. The van der Waals surface area contributed by atoms with Crippen LogP contribution < -0.4 is 15.6 Å². The Kier molecular flexibility index (Phi) is 6.02. The number of carbonyl (C=O) groups excluding carboxylic acids is 1. The van der Waals surface area contributed by atoms with E-state index < -0.39 is 11.9 Å². The molecule has 0 fully saturated rings. The smallest absolute Gasteiger partial charge is 0.267 e. The molecule has 0 aliphatic carbocycles. The molecule has 8 heteroatoms. The minimum atomic E-state index is -0.840. The molecule has 1 heterocycles. The molecule has 3 aromatic rings. The molecular weight excluding hydrogens is 401 g/mol. The van der Waals surface area contributed by atoms with Crippen LogP contribution in [-0.2, 0) is 4.79 Å². The van der Waals surface area contributed by atoms with Gasteiger partial charge in [0, 0.05) is 17.3 Å². The van der Waals surface area contributed by atoms with E-state index in [0.717, 1.165) is 10.2 Å². The van der Waals surface area contributed by atoms with Gasteiger partial charge in [-0.2, -0.15) is 5.10 Å². The van der Waals surface area contributed by atoms with Crippen molar-refractivity contribution >= 4 is 34.8 Å². The molecule has 3 rings (SSSR count). The molecule has 144 valence electrons. The van der Waals surface area contributed by atoms with Crippen molar-refractivity contribution in [3.63, 3.8) is 0 Å². The van der Waals surface area contributed by atoms with Gasteiger partial charge in [-0.05, 0) is 43.3 Å². The molecule has 0 bridgehead atoms. The molecule has 0 radical (unpaired) electrons. The van der Waals surface area contributed by atoms with Crippen LogP contribution in [0.2, 0.25) is 10.0 Å². The minimum absolute atomic E-state index is 0.322. The van der Waals surface area contributed by atoms with Crippen molar-refractivity contribution in [2.24, 2.45) is 0 Å². The third kappa shape index (κ3) is 4.35. The van der Waals surface area contributed by atoms with Gasteiger partial charge in [-0.15, -0.1) is 0 Å². The zero-order valence-corrected chi connectivity index (χ0v) is 16.7. The highest BCUT2D eigenvalue weighted by Gasteiger charge is 2.18. The standard InChI is InChI=1S/C20H17Cl2N3O3/c1-12(20(27)23-14-6-7-16(21)17(22)11-14)25-19(26)9-8-18(24-25)13-4-3-5-15(10-13)28-2/h3-12H,1-2H3,(H,23,27). The molecule has 0 aliphatic heterocycles. The summed E-state index contributed by atoms with van der Waals surface area (Å²) >= 11 is 11.9. The quantitative estimate of drug-likeness (QED) is 0.666. The zero-order valence-electron chi connectivity index (χ0n) is 15.1. The predicted octanol–water partition coefficient (Wildman–Crippen LogP) is 4.43. The summed E-state index contributed by atoms with van der Waals surface area (Å²) in [5, 5.41) is 7.77. The van der Waals surface area contributed by atoms with Gasteiger partial charge in [0.25, 0.3) is 5.56 Å². The van der Waals surface area contributed by atoms with Crippen LogP contribution in [0, 0.1) is 0 Å². The highest BCUT2D eigenvalue weighted by Crippen LogP contribution is 2.25. The molecule has 0 saturated carbocycles. The first-order chi connectivity index (χ1) is 13.4. The van der Waals surface area contributed by atoms with Crippen LogP contribution in [0.15, 0.2) is 59.4 Å². The highest BCUT2D eigenvalue weighted by atomic mass is 35.5. The average Bonchev–Trinajstić information content (AvgIpc) is 2.70. The zero-order chi connectivity index (χ0) is 20.3. The maximum atomic E-state index is 12.6. The first-order valence-corrected chi connectivity index (χ1v) is 9.15. The van der Waals surface area contributed by atoms with Crippen LogP contribution in [0.25, 0.3) is 11.3 Å². The predicted molar refractivity (Wildman–Crippen MR) is 110 cm³/mol. The minimum Gasteiger partial charge on any atom is -0.497 e. The van der Waals surface area contributed by atoms with Crippen molar-refractivity contribution in [2.45, 2.75) is 13.0 Å². The lowest BCUT2D eigenvalue weighted by Crippen LogP contribution is -2.33. The average molecular weight is 418 g/mol. The molecule has 1 N–H and O–H groups in total. The van der Waals surface area contributed by atoms with E-state index in [9.17, 15) is 9.59 Å². The Balaban J connectivity index is 1.88. The molecule has 1 unspecified atom stereocenters. The summed E-state index contributed by atoms with van der Waals surface area (Å²) < 4.78 is 6.36. The van der Waals surface area contributed by atoms with E-state index in [2.05, 4.69) is 10.4 Å². The Morgan fingerprint density at radius 1 is 1.11 bits per heavy atom. The molecule has 0 spiro atoms. The van der Waals surface area contributed by atoms with Gasteiger partial charge in [-0.25, -0.2) is 4.68 Å². The monoisotopic (exact) mass is 417 g/mol. The maximum absolute atomic E-state index is 12.6. The van der Waals surface area contributed by atoms with Gasteiger partial charge in [-0.3, -0.25) is 9.59 Å². The summed E-state index contributed by atoms with van der Waals surface area (Å²) in [6.07, 6.45) is 0. The molecule has 28 heavy (non-hydrogen) atoms. The Morgan fingerprint density at radius 3 is 2.61 bits per heavy atom. The summed E-state index contributed by atoms with van der Waals surface area (Å²) in [6, 6.07) is 14.2. The molecule has 2 aromatic carbocycles. The maximum Gasteiger partial charge on any atom is 0.267 e. The Bertz CT molecular complexity index is 1080. The van der Waals surface area contributed by atoms with Crippen LogP contribution in [0.5, 0.6) is 5.75 Å². The number of hydrogen-bond donors (Lipinski definition) is 1. The van der Waals surface area contributed by atoms with Crippen molar-refractivity contribution in [1.82, 2.24) is 9.78 Å². The third-order valence-corrected chi connectivity index (χ3v) is 4.86. The highest BCUT2D eigenvalue weighted by molar-refractivity contribution is 6.42. The lowest BCUT2D eigenvalue weighted by Gasteiger charge is -2.15. The van der Waals surface area contributed by atoms with E-state index in [-0.39, 0.29) is 5.56 Å². The van der Waals surface area contributed by atoms with E-state index in [1.807, 2.05) is 18.2 Å². The van der Waals surface area contributed by atoms with E-state index >= 15 is 0 Å². The van der Waals surface area contributed by atoms with Crippen LogP contribution in [0.1, 0.15) is 13.0 Å². The summed E-state index contributed by atoms with van der Waals surface area (Å²) in [5.41, 5.74) is 1.41. The SMILES string of the molecule is COc1cccc(-c2ccc(=O)n(C(C)C(=O)Nc3ccc(Cl)c(Cl)c3)n2)c1. The second-order valence-corrected chi connectivity index (χ2v) is 6.84. The van der Waals surface area contributed by atoms with E-state index in [0.29, 0.717) is 27.2 Å². The van der Waals surface area contributed by atoms with Crippen LogP contribution in [0.3, 0.4) is 0 Å².